The number of nitrogens with one attached hydrogen (secondary N) is 1. The summed E-state index contributed by atoms with van der Waals surface area (Å²) in [4.78, 5) is 11.5. The van der Waals surface area contributed by atoms with Gasteiger partial charge < -0.3 is 16.8 Å². The van der Waals surface area contributed by atoms with Crippen LogP contribution in [0, 0.1) is 0 Å². The molecule has 0 spiro atoms. The number of amides is 1. The van der Waals surface area contributed by atoms with Crippen molar-refractivity contribution in [2.45, 2.75) is 0 Å². The van der Waals surface area contributed by atoms with E-state index in [2.05, 4.69) is 21.2 Å². The average Bonchev–Trinajstić information content (AvgIpc) is 2.18. The summed E-state index contributed by atoms with van der Waals surface area (Å²) in [5.41, 5.74) is 11.8. The molecule has 76 valence electrons. The van der Waals surface area contributed by atoms with Crippen LogP contribution in [0.4, 0.5) is 5.69 Å². The summed E-state index contributed by atoms with van der Waals surface area (Å²) < 4.78 is 0.824. The van der Waals surface area contributed by atoms with E-state index < -0.39 is 0 Å². The summed E-state index contributed by atoms with van der Waals surface area (Å²) in [6, 6.07) is 5.15. The molecule has 0 bridgehead atoms. The van der Waals surface area contributed by atoms with Gasteiger partial charge in [0.2, 0.25) is 0 Å². The van der Waals surface area contributed by atoms with Crippen LogP contribution in [0.2, 0.25) is 0 Å². The number of carbonyl (C=O) groups excluding carboxylic acids is 1. The van der Waals surface area contributed by atoms with Crippen molar-refractivity contribution in [3.05, 3.63) is 28.2 Å². The molecule has 0 saturated heterocycles. The number of halogens is 1. The molecule has 0 heterocycles. The van der Waals surface area contributed by atoms with Gasteiger partial charge in [-0.15, -0.1) is 0 Å². The van der Waals surface area contributed by atoms with Crippen molar-refractivity contribution in [1.82, 2.24) is 5.32 Å². The molecule has 0 aliphatic carbocycles. The molecule has 0 fully saturated rings. The largest absolute Gasteiger partial charge is 0.398 e. The molecule has 0 atom stereocenters. The van der Waals surface area contributed by atoms with Gasteiger partial charge in [-0.3, -0.25) is 4.79 Å². The first-order valence-corrected chi connectivity index (χ1v) is 4.97. The van der Waals surface area contributed by atoms with Gasteiger partial charge in [-0.2, -0.15) is 0 Å². The van der Waals surface area contributed by atoms with E-state index in [1.807, 2.05) is 0 Å². The van der Waals surface area contributed by atoms with Gasteiger partial charge in [-0.1, -0.05) is 15.9 Å². The highest BCUT2D eigenvalue weighted by atomic mass is 79.9. The first-order valence-electron chi connectivity index (χ1n) is 4.18. The minimum atomic E-state index is -0.200. The third-order valence-electron chi connectivity index (χ3n) is 1.69. The van der Waals surface area contributed by atoms with Crippen molar-refractivity contribution in [3.63, 3.8) is 0 Å². The monoisotopic (exact) mass is 257 g/mol. The Balaban J connectivity index is 2.83. The molecule has 1 amide bonds. The van der Waals surface area contributed by atoms with Gasteiger partial charge in [0, 0.05) is 23.2 Å². The number of anilines is 1. The molecule has 0 radical (unpaired) electrons. The quantitative estimate of drug-likeness (QED) is 0.699. The van der Waals surface area contributed by atoms with Crippen LogP contribution in [0.1, 0.15) is 10.4 Å². The predicted octanol–water partition coefficient (Wildman–Crippen LogP) is 0.720. The van der Waals surface area contributed by atoms with E-state index in [1.54, 1.807) is 18.2 Å². The van der Waals surface area contributed by atoms with Gasteiger partial charge in [-0.25, -0.2) is 0 Å². The third kappa shape index (κ3) is 2.71. The molecule has 0 unspecified atom stereocenters. The molecule has 5 N–H and O–H groups in total. The molecular formula is C9H12BrN3O. The highest BCUT2D eigenvalue weighted by Crippen LogP contribution is 2.17. The molecule has 0 aliphatic rings. The Morgan fingerprint density at radius 3 is 2.86 bits per heavy atom. The summed E-state index contributed by atoms with van der Waals surface area (Å²) in [7, 11) is 0. The van der Waals surface area contributed by atoms with Gasteiger partial charge >= 0.3 is 0 Å². The second-order valence-corrected chi connectivity index (χ2v) is 3.69. The first kappa shape index (κ1) is 11.0. The van der Waals surface area contributed by atoms with Crippen LogP contribution in [0.25, 0.3) is 0 Å². The predicted molar refractivity (Wildman–Crippen MR) is 59.9 cm³/mol. The van der Waals surface area contributed by atoms with Gasteiger partial charge in [0.05, 0.1) is 5.56 Å². The molecule has 0 saturated carbocycles. The Kier molecular flexibility index (Phi) is 3.91. The second-order valence-electron chi connectivity index (χ2n) is 2.78. The van der Waals surface area contributed by atoms with E-state index in [0.717, 1.165) is 4.47 Å². The van der Waals surface area contributed by atoms with Crippen molar-refractivity contribution in [2.24, 2.45) is 5.73 Å². The molecular weight excluding hydrogens is 246 g/mol. The Bertz CT molecular complexity index is 341. The number of carbonyl (C=O) groups is 1. The van der Waals surface area contributed by atoms with Crippen LogP contribution in [-0.4, -0.2) is 19.0 Å². The van der Waals surface area contributed by atoms with Crippen molar-refractivity contribution in [2.75, 3.05) is 18.8 Å². The molecule has 0 aromatic heterocycles. The molecule has 4 nitrogen and oxygen atoms in total. The van der Waals surface area contributed by atoms with E-state index in [4.69, 9.17) is 11.5 Å². The molecule has 14 heavy (non-hydrogen) atoms. The Morgan fingerprint density at radius 2 is 2.21 bits per heavy atom. The minimum Gasteiger partial charge on any atom is -0.398 e. The number of rotatable bonds is 3. The topological polar surface area (TPSA) is 81.1 Å². The number of nitrogen functional groups attached to an aromatic ring is 1. The molecule has 1 aromatic carbocycles. The first-order chi connectivity index (χ1) is 6.65. The summed E-state index contributed by atoms with van der Waals surface area (Å²) in [6.07, 6.45) is 0. The van der Waals surface area contributed by atoms with E-state index in [1.165, 1.54) is 0 Å². The molecule has 5 heteroatoms. The number of benzene rings is 1. The van der Waals surface area contributed by atoms with Crippen LogP contribution in [0.15, 0.2) is 22.7 Å². The number of hydrogen-bond donors (Lipinski definition) is 3. The second kappa shape index (κ2) is 4.97. The maximum atomic E-state index is 11.5. The fourth-order valence-electron chi connectivity index (χ4n) is 1.01. The van der Waals surface area contributed by atoms with E-state index >= 15 is 0 Å². The van der Waals surface area contributed by atoms with Gasteiger partial charge in [0.25, 0.3) is 5.91 Å². The molecule has 1 aromatic rings. The zero-order valence-electron chi connectivity index (χ0n) is 7.59. The van der Waals surface area contributed by atoms with Crippen LogP contribution < -0.4 is 16.8 Å². The smallest absolute Gasteiger partial charge is 0.253 e. The third-order valence-corrected chi connectivity index (χ3v) is 2.18. The van der Waals surface area contributed by atoms with Crippen molar-refractivity contribution >= 4 is 27.5 Å². The minimum absolute atomic E-state index is 0.200. The molecule has 1 rings (SSSR count). The summed E-state index contributed by atoms with van der Waals surface area (Å²) in [5.74, 6) is -0.200. The highest BCUT2D eigenvalue weighted by Gasteiger charge is 2.08. The summed E-state index contributed by atoms with van der Waals surface area (Å²) in [5, 5.41) is 2.65. The summed E-state index contributed by atoms with van der Waals surface area (Å²) >= 11 is 3.27. The lowest BCUT2D eigenvalue weighted by Crippen LogP contribution is -2.29. The fraction of sp³-hybridized carbons (Fsp3) is 0.222. The maximum absolute atomic E-state index is 11.5. The summed E-state index contributed by atoms with van der Waals surface area (Å²) in [6.45, 7) is 0.866. The van der Waals surface area contributed by atoms with Gasteiger partial charge in [-0.05, 0) is 18.2 Å². The normalized spacial score (nSPS) is 9.86. The van der Waals surface area contributed by atoms with E-state index in [-0.39, 0.29) is 5.91 Å². The lowest BCUT2D eigenvalue weighted by molar-refractivity contribution is 0.0955. The van der Waals surface area contributed by atoms with Crippen molar-refractivity contribution < 1.29 is 4.79 Å². The van der Waals surface area contributed by atoms with E-state index in [0.29, 0.717) is 24.3 Å². The average molecular weight is 258 g/mol. The van der Waals surface area contributed by atoms with Crippen LogP contribution in [0.5, 0.6) is 0 Å². The van der Waals surface area contributed by atoms with Gasteiger partial charge in [0.15, 0.2) is 0 Å². The van der Waals surface area contributed by atoms with E-state index in [9.17, 15) is 4.79 Å². The molecule has 0 aliphatic heterocycles. The SMILES string of the molecule is NCCNC(=O)c1cc(Br)ccc1N. The number of nitrogens with two attached hydrogens (primary N) is 2. The fourth-order valence-corrected chi connectivity index (χ4v) is 1.37. The van der Waals surface area contributed by atoms with Crippen molar-refractivity contribution in [3.8, 4) is 0 Å². The lowest BCUT2D eigenvalue weighted by atomic mass is 10.1. The standard InChI is InChI=1S/C9H12BrN3O/c10-6-1-2-8(12)7(5-6)9(14)13-4-3-11/h1-2,5H,3-4,11-12H2,(H,13,14). The van der Waals surface area contributed by atoms with Crippen molar-refractivity contribution in [1.29, 1.82) is 0 Å². The van der Waals surface area contributed by atoms with Crippen LogP contribution in [-0.2, 0) is 0 Å². The zero-order chi connectivity index (χ0) is 10.6. The Labute approximate surface area is 90.8 Å². The van der Waals surface area contributed by atoms with Crippen LogP contribution in [0.3, 0.4) is 0 Å². The Morgan fingerprint density at radius 1 is 1.50 bits per heavy atom. The maximum Gasteiger partial charge on any atom is 0.253 e. The zero-order valence-corrected chi connectivity index (χ0v) is 9.17. The lowest BCUT2D eigenvalue weighted by Gasteiger charge is -2.06. The number of hydrogen-bond acceptors (Lipinski definition) is 3. The highest BCUT2D eigenvalue weighted by molar-refractivity contribution is 9.10. The Hall–Kier alpha value is -1.07. The van der Waals surface area contributed by atoms with Crippen LogP contribution >= 0.6 is 15.9 Å². The van der Waals surface area contributed by atoms with Gasteiger partial charge in [0.1, 0.15) is 0 Å².